The first kappa shape index (κ1) is 14.4. The van der Waals surface area contributed by atoms with E-state index in [0.29, 0.717) is 0 Å². The highest BCUT2D eigenvalue weighted by atomic mass is 32.7. The van der Waals surface area contributed by atoms with Gasteiger partial charge in [0.1, 0.15) is 0 Å². The van der Waals surface area contributed by atoms with Crippen LogP contribution in [0.25, 0.3) is 0 Å². The molecule has 7 heteroatoms. The lowest BCUT2D eigenvalue weighted by Crippen LogP contribution is -2.32. The topological polar surface area (TPSA) is 70.6 Å². The van der Waals surface area contributed by atoms with Crippen molar-refractivity contribution in [1.29, 1.82) is 0 Å². The third-order valence-electron chi connectivity index (χ3n) is 1.36. The molecule has 2 atom stereocenters. The Hall–Kier alpha value is 0.420. The van der Waals surface area contributed by atoms with Gasteiger partial charge < -0.3 is 14.7 Å². The second kappa shape index (κ2) is 7.68. The molecule has 0 aliphatic heterocycles. The van der Waals surface area contributed by atoms with Gasteiger partial charge in [-0.3, -0.25) is 0 Å². The number of rotatable bonds is 8. The quantitative estimate of drug-likeness (QED) is 0.441. The van der Waals surface area contributed by atoms with Crippen LogP contribution >= 0.6 is 18.4 Å². The van der Waals surface area contributed by atoms with Gasteiger partial charge >= 0.3 is 6.80 Å². The van der Waals surface area contributed by atoms with Crippen molar-refractivity contribution in [3.8, 4) is 0 Å². The van der Waals surface area contributed by atoms with E-state index in [4.69, 9.17) is 0 Å². The normalized spacial score (nSPS) is 17.7. The summed E-state index contributed by atoms with van der Waals surface area (Å²) in [5, 5.41) is 3.13. The molecule has 0 aliphatic rings. The van der Waals surface area contributed by atoms with Crippen LogP contribution in [0, 0.1) is 0 Å². The molecular weight excluding hydrogens is 223 g/mol. The fraction of sp³-hybridized carbons (Fsp3) is 1.00. The molecule has 0 bridgehead atoms. The summed E-state index contributed by atoms with van der Waals surface area (Å²) in [6, 6.07) is 0.126. The van der Waals surface area contributed by atoms with Crippen molar-refractivity contribution in [2.45, 2.75) is 26.8 Å². The molecule has 2 unspecified atom stereocenters. The molecule has 0 spiro atoms. The zero-order valence-corrected chi connectivity index (χ0v) is 10.5. The van der Waals surface area contributed by atoms with E-state index in [-0.39, 0.29) is 12.6 Å². The standard InChI is InChI=1S/C7H19N2O3PS/c1-4-8-6-7(3)9-14-13(10,11)12-5-2/h7-9H,4-6H2,1-3H3,(H,10,11). The summed E-state index contributed by atoms with van der Waals surface area (Å²) >= 11 is 0.761. The molecule has 14 heavy (non-hydrogen) atoms. The lowest BCUT2D eigenvalue weighted by atomic mass is 10.4. The summed E-state index contributed by atoms with van der Waals surface area (Å²) in [6.07, 6.45) is 0. The van der Waals surface area contributed by atoms with Gasteiger partial charge in [-0.2, -0.15) is 0 Å². The van der Waals surface area contributed by atoms with Crippen LogP contribution in [0.15, 0.2) is 0 Å². The van der Waals surface area contributed by atoms with E-state index in [2.05, 4.69) is 14.6 Å². The van der Waals surface area contributed by atoms with Gasteiger partial charge in [-0.15, -0.1) is 0 Å². The van der Waals surface area contributed by atoms with Crippen LogP contribution in [-0.2, 0) is 9.09 Å². The summed E-state index contributed by atoms with van der Waals surface area (Å²) < 4.78 is 18.7. The molecule has 86 valence electrons. The first-order chi connectivity index (χ1) is 6.52. The summed E-state index contributed by atoms with van der Waals surface area (Å²) in [4.78, 5) is 9.20. The number of likely N-dealkylation sites (N-methyl/N-ethyl adjacent to an activating group) is 1. The first-order valence-electron chi connectivity index (χ1n) is 4.64. The molecule has 0 heterocycles. The van der Waals surface area contributed by atoms with Gasteiger partial charge in [-0.1, -0.05) is 6.92 Å². The van der Waals surface area contributed by atoms with Crippen LogP contribution in [0.2, 0.25) is 0 Å². The number of hydrogen-bond donors (Lipinski definition) is 3. The van der Waals surface area contributed by atoms with E-state index in [9.17, 15) is 9.46 Å². The summed E-state index contributed by atoms with van der Waals surface area (Å²) in [5.41, 5.74) is 0. The summed E-state index contributed by atoms with van der Waals surface area (Å²) in [7, 11) is 0. The Kier molecular flexibility index (Phi) is 7.91. The van der Waals surface area contributed by atoms with Crippen molar-refractivity contribution < 1.29 is 14.0 Å². The maximum atomic E-state index is 11.2. The average molecular weight is 242 g/mol. The lowest BCUT2D eigenvalue weighted by molar-refractivity contribution is 0.291. The first-order valence-corrected chi connectivity index (χ1v) is 7.64. The highest BCUT2D eigenvalue weighted by Gasteiger charge is 2.20. The smallest absolute Gasteiger partial charge is 0.316 e. The molecule has 0 amide bonds. The summed E-state index contributed by atoms with van der Waals surface area (Å²) in [6.45, 7) is 4.02. The average Bonchev–Trinajstić information content (AvgIpc) is 2.11. The minimum atomic E-state index is -3.50. The highest BCUT2D eigenvalue weighted by Crippen LogP contribution is 2.53. The van der Waals surface area contributed by atoms with Crippen LogP contribution in [0.4, 0.5) is 0 Å². The van der Waals surface area contributed by atoms with Crippen molar-refractivity contribution in [3.05, 3.63) is 0 Å². The van der Waals surface area contributed by atoms with Gasteiger partial charge in [0.2, 0.25) is 0 Å². The van der Waals surface area contributed by atoms with E-state index in [1.54, 1.807) is 6.92 Å². The molecular formula is C7H19N2O3PS. The zero-order chi connectivity index (χ0) is 11.0. The minimum Gasteiger partial charge on any atom is -0.316 e. The molecule has 0 aliphatic carbocycles. The monoisotopic (exact) mass is 242 g/mol. The lowest BCUT2D eigenvalue weighted by Gasteiger charge is -2.15. The molecule has 0 aromatic heterocycles. The predicted octanol–water partition coefficient (Wildman–Crippen LogP) is 1.36. The van der Waals surface area contributed by atoms with E-state index in [1.807, 2.05) is 13.8 Å². The molecule has 0 radical (unpaired) electrons. The molecule has 5 nitrogen and oxygen atoms in total. The van der Waals surface area contributed by atoms with Gasteiger partial charge in [-0.05, 0) is 20.4 Å². The van der Waals surface area contributed by atoms with Crippen LogP contribution in [0.5, 0.6) is 0 Å². The van der Waals surface area contributed by atoms with Crippen molar-refractivity contribution in [2.24, 2.45) is 0 Å². The van der Waals surface area contributed by atoms with Gasteiger partial charge in [0.25, 0.3) is 0 Å². The zero-order valence-electron chi connectivity index (χ0n) is 8.82. The Labute approximate surface area is 89.4 Å². The third kappa shape index (κ3) is 7.79. The Morgan fingerprint density at radius 2 is 2.21 bits per heavy atom. The molecule has 0 aromatic rings. The second-order valence-electron chi connectivity index (χ2n) is 2.80. The van der Waals surface area contributed by atoms with Gasteiger partial charge in [0, 0.05) is 24.2 Å². The van der Waals surface area contributed by atoms with Crippen molar-refractivity contribution in [3.63, 3.8) is 0 Å². The Morgan fingerprint density at radius 3 is 2.71 bits per heavy atom. The maximum Gasteiger partial charge on any atom is 0.401 e. The minimum absolute atomic E-state index is 0.126. The van der Waals surface area contributed by atoms with Crippen molar-refractivity contribution in [1.82, 2.24) is 10.0 Å². The van der Waals surface area contributed by atoms with Gasteiger partial charge in [0.15, 0.2) is 0 Å². The largest absolute Gasteiger partial charge is 0.401 e. The van der Waals surface area contributed by atoms with Crippen molar-refractivity contribution >= 4 is 18.4 Å². The molecule has 0 fully saturated rings. The molecule has 0 saturated carbocycles. The number of hydrogen-bond acceptors (Lipinski definition) is 5. The van der Waals surface area contributed by atoms with E-state index in [1.165, 1.54) is 0 Å². The SMILES string of the molecule is CCNCC(C)NSP(=O)(O)OCC. The molecule has 0 rings (SSSR count). The van der Waals surface area contributed by atoms with Gasteiger partial charge in [-0.25, -0.2) is 9.29 Å². The van der Waals surface area contributed by atoms with E-state index in [0.717, 1.165) is 24.7 Å². The Bertz CT molecular complexity index is 194. The van der Waals surface area contributed by atoms with Crippen molar-refractivity contribution in [2.75, 3.05) is 19.7 Å². The molecule has 0 aromatic carbocycles. The van der Waals surface area contributed by atoms with E-state index < -0.39 is 6.80 Å². The van der Waals surface area contributed by atoms with Gasteiger partial charge in [0.05, 0.1) is 6.61 Å². The third-order valence-corrected chi connectivity index (χ3v) is 4.01. The fourth-order valence-electron chi connectivity index (χ4n) is 0.749. The fourth-order valence-corrected chi connectivity index (χ4v) is 2.94. The molecule has 0 saturated heterocycles. The second-order valence-corrected chi connectivity index (χ2v) is 6.35. The molecule has 3 N–H and O–H groups in total. The number of nitrogens with one attached hydrogen (secondary N) is 2. The van der Waals surface area contributed by atoms with Crippen LogP contribution < -0.4 is 10.0 Å². The Morgan fingerprint density at radius 1 is 1.57 bits per heavy atom. The maximum absolute atomic E-state index is 11.2. The predicted molar refractivity (Wildman–Crippen MR) is 60.2 cm³/mol. The van der Waals surface area contributed by atoms with Crippen LogP contribution in [0.1, 0.15) is 20.8 Å². The van der Waals surface area contributed by atoms with Crippen LogP contribution in [0.3, 0.4) is 0 Å². The highest BCUT2D eigenvalue weighted by molar-refractivity contribution is 8.53. The Balaban J connectivity index is 3.64. The summed E-state index contributed by atoms with van der Waals surface area (Å²) in [5.74, 6) is 0. The van der Waals surface area contributed by atoms with E-state index >= 15 is 0 Å². The van der Waals surface area contributed by atoms with Crippen LogP contribution in [-0.4, -0.2) is 30.6 Å².